The van der Waals surface area contributed by atoms with Crippen LogP contribution in [0.4, 0.5) is 10.1 Å². The van der Waals surface area contributed by atoms with E-state index in [1.54, 1.807) is 48.5 Å². The SMILES string of the molecule is O=C(c1ccc(F)cc1)[C@H]1[C@H](c2ccc(Cl)cc2)C2(C(=O)c3ccccc3C2=O)[C@@H]2C=Cc3ccccc3N21. The Bertz CT molecular complexity index is 1670. The van der Waals surface area contributed by atoms with Crippen molar-refractivity contribution in [2.45, 2.75) is 18.0 Å². The van der Waals surface area contributed by atoms with Crippen molar-refractivity contribution in [3.63, 3.8) is 0 Å². The summed E-state index contributed by atoms with van der Waals surface area (Å²) in [5.74, 6) is -2.17. The van der Waals surface area contributed by atoms with E-state index in [4.69, 9.17) is 11.6 Å². The third-order valence-electron chi connectivity index (χ3n) is 8.34. The van der Waals surface area contributed by atoms with Crippen molar-refractivity contribution in [1.29, 1.82) is 0 Å². The maximum absolute atomic E-state index is 14.5. The summed E-state index contributed by atoms with van der Waals surface area (Å²) < 4.78 is 13.8. The highest BCUT2D eigenvalue weighted by atomic mass is 35.5. The van der Waals surface area contributed by atoms with Crippen LogP contribution in [0.3, 0.4) is 0 Å². The Balaban J connectivity index is 1.54. The number of anilines is 1. The van der Waals surface area contributed by atoms with Gasteiger partial charge >= 0.3 is 0 Å². The fraction of sp³-hybridized carbons (Fsp3) is 0.121. The number of nitrogens with zero attached hydrogens (tertiary/aromatic N) is 1. The molecule has 39 heavy (non-hydrogen) atoms. The number of fused-ring (bicyclic) bond motifs is 5. The lowest BCUT2D eigenvalue weighted by molar-refractivity contribution is 0.0666. The van der Waals surface area contributed by atoms with Crippen molar-refractivity contribution >= 4 is 40.7 Å². The van der Waals surface area contributed by atoms with Crippen molar-refractivity contribution in [2.75, 3.05) is 4.90 Å². The standard InChI is InChI=1S/C33H21ClFNO3/c34-22-14-9-20(10-15-22)28-29(30(37)21-11-16-23(35)17-12-21)36-26-8-4-1-5-19(26)13-18-27(36)33(28)31(38)24-6-2-3-7-25(24)32(33)39/h1-18,27-29H/t27-,28-,29+/m0/s1. The molecule has 0 saturated carbocycles. The maximum Gasteiger partial charge on any atom is 0.185 e. The number of carbonyl (C=O) groups excluding carboxylic acids is 3. The summed E-state index contributed by atoms with van der Waals surface area (Å²) in [7, 11) is 0. The highest BCUT2D eigenvalue weighted by Crippen LogP contribution is 2.61. The molecule has 0 bridgehead atoms. The molecule has 6 heteroatoms. The van der Waals surface area contributed by atoms with Crippen LogP contribution in [0.1, 0.15) is 48.1 Å². The Kier molecular flexibility index (Phi) is 5.23. The number of hydrogen-bond acceptors (Lipinski definition) is 4. The van der Waals surface area contributed by atoms with E-state index >= 15 is 0 Å². The molecule has 2 heterocycles. The third kappa shape index (κ3) is 3.20. The van der Waals surface area contributed by atoms with E-state index in [1.165, 1.54) is 24.3 Å². The number of benzene rings is 4. The van der Waals surface area contributed by atoms with Crippen molar-refractivity contribution in [3.8, 4) is 0 Å². The van der Waals surface area contributed by atoms with Crippen LogP contribution in [0.2, 0.25) is 5.02 Å². The van der Waals surface area contributed by atoms with Gasteiger partial charge in [-0.05, 0) is 53.6 Å². The van der Waals surface area contributed by atoms with Gasteiger partial charge in [0.05, 0.1) is 6.04 Å². The van der Waals surface area contributed by atoms with Crippen LogP contribution in [-0.2, 0) is 0 Å². The van der Waals surface area contributed by atoms with Gasteiger partial charge in [-0.3, -0.25) is 14.4 Å². The van der Waals surface area contributed by atoms with Gasteiger partial charge in [-0.15, -0.1) is 0 Å². The minimum absolute atomic E-state index is 0.293. The van der Waals surface area contributed by atoms with Crippen LogP contribution in [0, 0.1) is 11.2 Å². The topological polar surface area (TPSA) is 54.5 Å². The molecule has 4 nitrogen and oxygen atoms in total. The molecule has 3 atom stereocenters. The molecule has 3 aliphatic rings. The largest absolute Gasteiger partial charge is 0.352 e. The lowest BCUT2D eigenvalue weighted by Crippen LogP contribution is -2.48. The molecule has 0 N–H and O–H groups in total. The Hall–Kier alpha value is -4.35. The molecule has 2 aliphatic heterocycles. The highest BCUT2D eigenvalue weighted by Gasteiger charge is 2.71. The zero-order valence-electron chi connectivity index (χ0n) is 20.6. The fourth-order valence-corrected chi connectivity index (χ4v) is 6.87. The number of hydrogen-bond donors (Lipinski definition) is 0. The number of carbonyl (C=O) groups is 3. The van der Waals surface area contributed by atoms with Gasteiger partial charge in [-0.25, -0.2) is 4.39 Å². The van der Waals surface area contributed by atoms with Crippen LogP contribution in [0.25, 0.3) is 6.08 Å². The summed E-state index contributed by atoms with van der Waals surface area (Å²) in [5.41, 5.74) is 1.76. The second-order valence-electron chi connectivity index (χ2n) is 10.2. The van der Waals surface area contributed by atoms with E-state index in [-0.39, 0.29) is 17.3 Å². The maximum atomic E-state index is 14.5. The Morgan fingerprint density at radius 1 is 0.795 bits per heavy atom. The van der Waals surface area contributed by atoms with E-state index in [2.05, 4.69) is 0 Å². The zero-order chi connectivity index (χ0) is 26.9. The summed E-state index contributed by atoms with van der Waals surface area (Å²) in [6.07, 6.45) is 3.80. The first-order valence-corrected chi connectivity index (χ1v) is 13.1. The van der Waals surface area contributed by atoms with Gasteiger partial charge in [0, 0.05) is 33.3 Å². The monoisotopic (exact) mass is 533 g/mol. The van der Waals surface area contributed by atoms with Crippen LogP contribution in [-0.4, -0.2) is 29.4 Å². The zero-order valence-corrected chi connectivity index (χ0v) is 21.3. The number of para-hydroxylation sites is 1. The first kappa shape index (κ1) is 23.7. The smallest absolute Gasteiger partial charge is 0.185 e. The minimum atomic E-state index is -1.58. The molecule has 1 spiro atoms. The van der Waals surface area contributed by atoms with E-state index in [0.717, 1.165) is 11.3 Å². The minimum Gasteiger partial charge on any atom is -0.352 e. The number of ketones is 3. The molecule has 0 aromatic heterocycles. The van der Waals surface area contributed by atoms with E-state index < -0.39 is 29.2 Å². The predicted octanol–water partition coefficient (Wildman–Crippen LogP) is 6.80. The molecule has 1 saturated heterocycles. The van der Waals surface area contributed by atoms with E-state index in [0.29, 0.717) is 27.3 Å². The molecule has 0 amide bonds. The number of rotatable bonds is 3. The first-order valence-electron chi connectivity index (χ1n) is 12.7. The molecule has 4 aromatic rings. The summed E-state index contributed by atoms with van der Waals surface area (Å²) in [6.45, 7) is 0. The Morgan fingerprint density at radius 3 is 2.08 bits per heavy atom. The number of Topliss-reactive ketones (excluding diaryl/α,β-unsaturated/α-hetero) is 3. The summed E-state index contributed by atoms with van der Waals surface area (Å²) in [6, 6.07) is 25.3. The summed E-state index contributed by atoms with van der Waals surface area (Å²) in [4.78, 5) is 45.5. The van der Waals surface area contributed by atoms with Crippen LogP contribution in [0.15, 0.2) is 103 Å². The average Bonchev–Trinajstić information content (AvgIpc) is 3.40. The summed E-state index contributed by atoms with van der Waals surface area (Å²) >= 11 is 6.24. The fourth-order valence-electron chi connectivity index (χ4n) is 6.75. The molecule has 1 fully saturated rings. The molecule has 7 rings (SSSR count). The van der Waals surface area contributed by atoms with Crippen molar-refractivity contribution in [3.05, 3.63) is 142 Å². The van der Waals surface area contributed by atoms with E-state index in [9.17, 15) is 18.8 Å². The van der Waals surface area contributed by atoms with Crippen molar-refractivity contribution in [2.24, 2.45) is 5.41 Å². The lowest BCUT2D eigenvalue weighted by atomic mass is 9.64. The quantitative estimate of drug-likeness (QED) is 0.215. The van der Waals surface area contributed by atoms with Crippen molar-refractivity contribution < 1.29 is 18.8 Å². The molecule has 0 radical (unpaired) electrons. The van der Waals surface area contributed by atoms with Gasteiger partial charge in [0.2, 0.25) is 0 Å². The van der Waals surface area contributed by atoms with Gasteiger partial charge in [0.15, 0.2) is 17.3 Å². The molecule has 1 aliphatic carbocycles. The third-order valence-corrected chi connectivity index (χ3v) is 8.59. The molecule has 0 unspecified atom stereocenters. The van der Waals surface area contributed by atoms with Gasteiger partial charge in [0.25, 0.3) is 0 Å². The average molecular weight is 534 g/mol. The second kappa shape index (κ2) is 8.58. The molecule has 4 aromatic carbocycles. The van der Waals surface area contributed by atoms with Gasteiger partial charge < -0.3 is 4.90 Å². The predicted molar refractivity (Wildman–Crippen MR) is 148 cm³/mol. The Labute approximate surface area is 229 Å². The van der Waals surface area contributed by atoms with Crippen LogP contribution >= 0.6 is 11.6 Å². The molecular formula is C33H21ClFNO3. The van der Waals surface area contributed by atoms with Gasteiger partial charge in [-0.2, -0.15) is 0 Å². The molecular weight excluding hydrogens is 513 g/mol. The van der Waals surface area contributed by atoms with Crippen molar-refractivity contribution in [1.82, 2.24) is 0 Å². The highest BCUT2D eigenvalue weighted by molar-refractivity contribution is 6.32. The van der Waals surface area contributed by atoms with Crippen LogP contribution < -0.4 is 4.90 Å². The normalized spacial score (nSPS) is 22.1. The van der Waals surface area contributed by atoms with Gasteiger partial charge in [0.1, 0.15) is 17.3 Å². The van der Waals surface area contributed by atoms with Gasteiger partial charge in [-0.1, -0.05) is 78.4 Å². The molecule has 190 valence electrons. The first-order chi connectivity index (χ1) is 18.9. The van der Waals surface area contributed by atoms with E-state index in [1.807, 2.05) is 41.3 Å². The number of halogens is 2. The lowest BCUT2D eigenvalue weighted by Gasteiger charge is -2.37. The second-order valence-corrected chi connectivity index (χ2v) is 10.6. The van der Waals surface area contributed by atoms with Crippen LogP contribution in [0.5, 0.6) is 0 Å². The Morgan fingerprint density at radius 2 is 1.41 bits per heavy atom. The summed E-state index contributed by atoms with van der Waals surface area (Å²) in [5, 5.41) is 0.502.